The van der Waals surface area contributed by atoms with Gasteiger partial charge in [-0.3, -0.25) is 14.9 Å². The third kappa shape index (κ3) is 2.06. The third-order valence-corrected chi connectivity index (χ3v) is 4.69. The van der Waals surface area contributed by atoms with Gasteiger partial charge in [-0.05, 0) is 55.0 Å². The molecule has 22 heavy (non-hydrogen) atoms. The number of aromatic nitrogens is 3. The number of rotatable bonds is 1. The van der Waals surface area contributed by atoms with Crippen molar-refractivity contribution >= 4 is 22.5 Å². The summed E-state index contributed by atoms with van der Waals surface area (Å²) in [6.45, 7) is 2.25. The minimum absolute atomic E-state index is 0.0640. The summed E-state index contributed by atoms with van der Waals surface area (Å²) in [5.41, 5.74) is 3.96. The molecule has 0 bridgehead atoms. The van der Waals surface area contributed by atoms with Gasteiger partial charge in [0.05, 0.1) is 16.6 Å². The monoisotopic (exact) mass is 313 g/mol. The zero-order chi connectivity index (χ0) is 15.3. The molecule has 2 aromatic heterocycles. The number of H-pyrrole nitrogens is 1. The summed E-state index contributed by atoms with van der Waals surface area (Å²) in [4.78, 5) is 17.1. The molecule has 1 atom stereocenters. The molecular formula is C17H16ClN3O. The second-order valence-corrected chi connectivity index (χ2v) is 6.49. The van der Waals surface area contributed by atoms with Crippen molar-refractivity contribution in [3.8, 4) is 5.69 Å². The molecule has 1 unspecified atom stereocenters. The highest BCUT2D eigenvalue weighted by molar-refractivity contribution is 6.30. The molecule has 0 radical (unpaired) electrons. The molecule has 0 saturated carbocycles. The average molecular weight is 314 g/mol. The predicted molar refractivity (Wildman–Crippen MR) is 87.9 cm³/mol. The molecule has 1 aliphatic rings. The Morgan fingerprint density at radius 1 is 1.32 bits per heavy atom. The minimum Gasteiger partial charge on any atom is -0.290 e. The van der Waals surface area contributed by atoms with Gasteiger partial charge in [-0.15, -0.1) is 0 Å². The highest BCUT2D eigenvalue weighted by Crippen LogP contribution is 2.28. The fourth-order valence-corrected chi connectivity index (χ4v) is 3.33. The lowest BCUT2D eigenvalue weighted by atomic mass is 9.87. The molecule has 0 aliphatic heterocycles. The van der Waals surface area contributed by atoms with Crippen LogP contribution in [0.2, 0.25) is 5.02 Å². The normalized spacial score (nSPS) is 17.6. The maximum absolute atomic E-state index is 12.6. The van der Waals surface area contributed by atoms with E-state index in [1.54, 1.807) is 23.0 Å². The zero-order valence-corrected chi connectivity index (χ0v) is 13.0. The highest BCUT2D eigenvalue weighted by atomic mass is 35.5. The van der Waals surface area contributed by atoms with E-state index in [0.29, 0.717) is 16.3 Å². The summed E-state index contributed by atoms with van der Waals surface area (Å²) < 4.78 is 1.57. The Morgan fingerprint density at radius 2 is 2.09 bits per heavy atom. The van der Waals surface area contributed by atoms with E-state index in [4.69, 9.17) is 11.6 Å². The Morgan fingerprint density at radius 3 is 2.86 bits per heavy atom. The average Bonchev–Trinajstić information content (AvgIpc) is 2.86. The van der Waals surface area contributed by atoms with Crippen LogP contribution in [0.4, 0.5) is 0 Å². The van der Waals surface area contributed by atoms with Crippen molar-refractivity contribution in [2.45, 2.75) is 26.2 Å². The molecule has 2 heterocycles. The van der Waals surface area contributed by atoms with Crippen LogP contribution in [0.15, 0.2) is 35.3 Å². The van der Waals surface area contributed by atoms with E-state index in [2.05, 4.69) is 17.0 Å². The Balaban J connectivity index is 1.95. The molecule has 5 heteroatoms. The molecule has 112 valence electrons. The van der Waals surface area contributed by atoms with Crippen LogP contribution >= 0.6 is 11.6 Å². The van der Waals surface area contributed by atoms with Gasteiger partial charge in [0.15, 0.2) is 0 Å². The van der Waals surface area contributed by atoms with E-state index in [1.165, 1.54) is 5.56 Å². The van der Waals surface area contributed by atoms with Crippen LogP contribution in [-0.4, -0.2) is 14.8 Å². The summed E-state index contributed by atoms with van der Waals surface area (Å²) in [5.74, 6) is 0.627. The molecule has 0 spiro atoms. The molecule has 3 aromatic rings. The number of nitrogens with one attached hydrogen (secondary N) is 1. The SMILES string of the molecule is CC1CCc2ncc3c(=O)n(-c4ccc(Cl)cc4)[nH]c3c2C1. The molecule has 1 aromatic carbocycles. The number of pyridine rings is 1. The molecule has 0 fully saturated rings. The van der Waals surface area contributed by atoms with Gasteiger partial charge in [0, 0.05) is 16.9 Å². The van der Waals surface area contributed by atoms with Gasteiger partial charge in [0.25, 0.3) is 5.56 Å². The number of benzene rings is 1. The number of fused-ring (bicyclic) bond motifs is 3. The van der Waals surface area contributed by atoms with E-state index in [0.717, 1.165) is 36.2 Å². The van der Waals surface area contributed by atoms with Gasteiger partial charge in [-0.25, -0.2) is 4.68 Å². The lowest BCUT2D eigenvalue weighted by Gasteiger charge is -2.20. The first-order chi connectivity index (χ1) is 10.6. The first-order valence-electron chi connectivity index (χ1n) is 7.51. The molecule has 0 saturated heterocycles. The lowest BCUT2D eigenvalue weighted by molar-refractivity contribution is 0.496. The van der Waals surface area contributed by atoms with Gasteiger partial charge in [0.2, 0.25) is 0 Å². The van der Waals surface area contributed by atoms with Crippen LogP contribution in [0.5, 0.6) is 0 Å². The van der Waals surface area contributed by atoms with Crippen molar-refractivity contribution in [3.63, 3.8) is 0 Å². The van der Waals surface area contributed by atoms with Crippen molar-refractivity contribution < 1.29 is 0 Å². The van der Waals surface area contributed by atoms with Crippen LogP contribution in [0, 0.1) is 5.92 Å². The van der Waals surface area contributed by atoms with Gasteiger partial charge >= 0.3 is 0 Å². The lowest BCUT2D eigenvalue weighted by Crippen LogP contribution is -2.14. The fraction of sp³-hybridized carbons (Fsp3) is 0.294. The van der Waals surface area contributed by atoms with Crippen LogP contribution in [-0.2, 0) is 12.8 Å². The van der Waals surface area contributed by atoms with Gasteiger partial charge in [-0.1, -0.05) is 18.5 Å². The quantitative estimate of drug-likeness (QED) is 0.747. The largest absolute Gasteiger partial charge is 0.290 e. The fourth-order valence-electron chi connectivity index (χ4n) is 3.21. The van der Waals surface area contributed by atoms with Gasteiger partial charge < -0.3 is 0 Å². The first-order valence-corrected chi connectivity index (χ1v) is 7.88. The maximum Gasteiger partial charge on any atom is 0.280 e. The molecule has 0 amide bonds. The number of nitrogens with zero attached hydrogens (tertiary/aromatic N) is 2. The van der Waals surface area contributed by atoms with Crippen molar-refractivity contribution in [2.75, 3.05) is 0 Å². The standard InChI is InChI=1S/C17H16ClN3O/c1-10-2-7-15-13(8-10)16-14(9-19-15)17(22)21(20-16)12-5-3-11(18)4-6-12/h3-6,9-10,20H,2,7-8H2,1H3. The van der Waals surface area contributed by atoms with Crippen LogP contribution < -0.4 is 5.56 Å². The van der Waals surface area contributed by atoms with Crippen LogP contribution in [0.25, 0.3) is 16.6 Å². The molecule has 1 N–H and O–H groups in total. The third-order valence-electron chi connectivity index (χ3n) is 4.44. The number of aromatic amines is 1. The number of aryl methyl sites for hydroxylation is 1. The van der Waals surface area contributed by atoms with E-state index in [1.807, 2.05) is 12.1 Å². The Bertz CT molecular complexity index is 908. The van der Waals surface area contributed by atoms with Crippen molar-refractivity contribution in [1.29, 1.82) is 0 Å². The number of halogens is 1. The number of hydrogen-bond donors (Lipinski definition) is 1. The van der Waals surface area contributed by atoms with E-state index < -0.39 is 0 Å². The first kappa shape index (κ1) is 13.6. The Kier molecular flexibility index (Phi) is 3.08. The molecular weight excluding hydrogens is 298 g/mol. The summed E-state index contributed by atoms with van der Waals surface area (Å²) in [7, 11) is 0. The summed E-state index contributed by atoms with van der Waals surface area (Å²) in [5, 5.41) is 4.58. The van der Waals surface area contributed by atoms with E-state index in [-0.39, 0.29) is 5.56 Å². The maximum atomic E-state index is 12.6. The Hall–Kier alpha value is -2.07. The predicted octanol–water partition coefficient (Wildman–Crippen LogP) is 3.49. The summed E-state index contributed by atoms with van der Waals surface area (Å²) >= 11 is 5.92. The molecule has 4 rings (SSSR count). The Labute approximate surface area is 132 Å². The molecule has 1 aliphatic carbocycles. The smallest absolute Gasteiger partial charge is 0.280 e. The summed E-state index contributed by atoms with van der Waals surface area (Å²) in [6.07, 6.45) is 4.82. The van der Waals surface area contributed by atoms with E-state index in [9.17, 15) is 4.79 Å². The topological polar surface area (TPSA) is 50.7 Å². The zero-order valence-electron chi connectivity index (χ0n) is 12.3. The second kappa shape index (κ2) is 4.99. The van der Waals surface area contributed by atoms with Crippen LogP contribution in [0.3, 0.4) is 0 Å². The number of hydrogen-bond acceptors (Lipinski definition) is 2. The minimum atomic E-state index is -0.0640. The second-order valence-electron chi connectivity index (χ2n) is 6.05. The molecule has 4 nitrogen and oxygen atoms in total. The van der Waals surface area contributed by atoms with Crippen molar-refractivity contribution in [3.05, 3.63) is 57.1 Å². The van der Waals surface area contributed by atoms with Crippen LogP contribution in [0.1, 0.15) is 24.6 Å². The highest BCUT2D eigenvalue weighted by Gasteiger charge is 2.21. The van der Waals surface area contributed by atoms with Crippen molar-refractivity contribution in [1.82, 2.24) is 14.8 Å². The van der Waals surface area contributed by atoms with Gasteiger partial charge in [-0.2, -0.15) is 0 Å². The summed E-state index contributed by atoms with van der Waals surface area (Å²) in [6, 6.07) is 7.23. The van der Waals surface area contributed by atoms with Crippen molar-refractivity contribution in [2.24, 2.45) is 5.92 Å². The van der Waals surface area contributed by atoms with E-state index >= 15 is 0 Å². The van der Waals surface area contributed by atoms with Gasteiger partial charge in [0.1, 0.15) is 0 Å².